The van der Waals surface area contributed by atoms with Crippen LogP contribution in [0.3, 0.4) is 0 Å². The van der Waals surface area contributed by atoms with Crippen LogP contribution < -0.4 is 4.74 Å². The van der Waals surface area contributed by atoms with Gasteiger partial charge < -0.3 is 9.84 Å². The molecule has 1 saturated carbocycles. The fourth-order valence-electron chi connectivity index (χ4n) is 3.18. The molecule has 2 aliphatic rings. The van der Waals surface area contributed by atoms with Gasteiger partial charge in [-0.1, -0.05) is 17.7 Å². The predicted molar refractivity (Wildman–Crippen MR) is 91.5 cm³/mol. The smallest absolute Gasteiger partial charge is 0.177 e. The quantitative estimate of drug-likeness (QED) is 0.921. The minimum atomic E-state index is 0.00600. The summed E-state index contributed by atoms with van der Waals surface area (Å²) >= 11 is 6.28. The molecule has 2 heterocycles. The summed E-state index contributed by atoms with van der Waals surface area (Å²) in [5, 5.41) is 10.4. The third-order valence-corrected chi connectivity index (χ3v) is 5.17. The van der Waals surface area contributed by atoms with Crippen molar-refractivity contribution >= 4 is 11.6 Å². The van der Waals surface area contributed by atoms with E-state index >= 15 is 0 Å². The first-order chi connectivity index (χ1) is 11.7. The highest BCUT2D eigenvalue weighted by atomic mass is 35.5. The molecule has 0 unspecified atom stereocenters. The number of methoxy groups -OCH3 is 1. The molecule has 0 bridgehead atoms. The van der Waals surface area contributed by atoms with Crippen molar-refractivity contribution in [3.8, 4) is 11.5 Å². The van der Waals surface area contributed by atoms with Gasteiger partial charge in [0, 0.05) is 49.4 Å². The molecule has 0 radical (unpaired) electrons. The topological polar surface area (TPSA) is 58.5 Å². The van der Waals surface area contributed by atoms with Crippen LogP contribution in [-0.4, -0.2) is 33.6 Å². The number of rotatable bonds is 4. The van der Waals surface area contributed by atoms with E-state index in [1.54, 1.807) is 6.07 Å². The highest BCUT2D eigenvalue weighted by molar-refractivity contribution is 6.33. The number of halogens is 1. The molecule has 1 aliphatic heterocycles. The summed E-state index contributed by atoms with van der Waals surface area (Å²) < 4.78 is 5.09. The fraction of sp³-hybridized carbons (Fsp3) is 0.444. The second kappa shape index (κ2) is 6.22. The first-order valence-corrected chi connectivity index (χ1v) is 8.65. The molecule has 0 amide bonds. The van der Waals surface area contributed by atoms with Gasteiger partial charge in [-0.25, -0.2) is 9.97 Å². The van der Waals surface area contributed by atoms with Crippen LogP contribution in [-0.2, 0) is 19.5 Å². The molecule has 4 rings (SSSR count). The maximum absolute atomic E-state index is 10.1. The van der Waals surface area contributed by atoms with Crippen molar-refractivity contribution in [2.45, 2.75) is 38.3 Å². The Bertz CT molecular complexity index is 777. The molecule has 0 saturated heterocycles. The third-order valence-electron chi connectivity index (χ3n) is 4.75. The lowest BCUT2D eigenvalue weighted by molar-refractivity contribution is 0.242. The van der Waals surface area contributed by atoms with Crippen molar-refractivity contribution in [1.82, 2.24) is 14.9 Å². The standard InChI is InChI=1S/C18H20ClN3O2/c1-24-15-5-4-12(16(19)17(15)23)9-22-7-6-14-13(10-22)8-20-18(21-14)11-2-3-11/h4-5,8,11,23H,2-3,6-7,9-10H2,1H3. The lowest BCUT2D eigenvalue weighted by Crippen LogP contribution is -2.31. The molecule has 6 heteroatoms. The van der Waals surface area contributed by atoms with Gasteiger partial charge in [-0.05, 0) is 24.5 Å². The van der Waals surface area contributed by atoms with E-state index in [9.17, 15) is 5.11 Å². The summed E-state index contributed by atoms with van der Waals surface area (Å²) in [4.78, 5) is 11.6. The molecule has 5 nitrogen and oxygen atoms in total. The van der Waals surface area contributed by atoms with Gasteiger partial charge in [0.05, 0.1) is 12.1 Å². The van der Waals surface area contributed by atoms with Crippen molar-refractivity contribution in [2.75, 3.05) is 13.7 Å². The third kappa shape index (κ3) is 2.94. The number of hydrogen-bond donors (Lipinski definition) is 1. The van der Waals surface area contributed by atoms with Crippen molar-refractivity contribution in [2.24, 2.45) is 0 Å². The molecule has 24 heavy (non-hydrogen) atoms. The Morgan fingerprint density at radius 3 is 2.96 bits per heavy atom. The largest absolute Gasteiger partial charge is 0.503 e. The van der Waals surface area contributed by atoms with E-state index in [0.717, 1.165) is 30.9 Å². The van der Waals surface area contributed by atoms with E-state index in [0.29, 0.717) is 23.2 Å². The van der Waals surface area contributed by atoms with Crippen molar-refractivity contribution in [3.05, 3.63) is 46.0 Å². The van der Waals surface area contributed by atoms with Crippen molar-refractivity contribution in [3.63, 3.8) is 0 Å². The number of aromatic nitrogens is 2. The summed E-state index contributed by atoms with van der Waals surface area (Å²) in [5.74, 6) is 2.01. The normalized spacial score (nSPS) is 17.6. The van der Waals surface area contributed by atoms with Crippen LogP contribution in [0.5, 0.6) is 11.5 Å². The molecule has 1 N–H and O–H groups in total. The van der Waals surface area contributed by atoms with E-state index in [-0.39, 0.29) is 5.75 Å². The van der Waals surface area contributed by atoms with Crippen LogP contribution >= 0.6 is 11.6 Å². The number of ether oxygens (including phenoxy) is 1. The summed E-state index contributed by atoms with van der Waals surface area (Å²) in [6, 6.07) is 3.66. The zero-order valence-corrected chi connectivity index (χ0v) is 14.4. The first-order valence-electron chi connectivity index (χ1n) is 8.27. The average Bonchev–Trinajstić information content (AvgIpc) is 3.44. The monoisotopic (exact) mass is 345 g/mol. The Morgan fingerprint density at radius 1 is 1.38 bits per heavy atom. The van der Waals surface area contributed by atoms with Crippen LogP contribution in [0.4, 0.5) is 0 Å². The highest BCUT2D eigenvalue weighted by Gasteiger charge is 2.28. The molecular formula is C18H20ClN3O2. The van der Waals surface area contributed by atoms with E-state index < -0.39 is 0 Å². The van der Waals surface area contributed by atoms with Crippen LogP contribution in [0.2, 0.25) is 5.02 Å². The van der Waals surface area contributed by atoms with E-state index in [1.807, 2.05) is 12.3 Å². The van der Waals surface area contributed by atoms with Gasteiger partial charge in [0.15, 0.2) is 11.5 Å². The molecular weight excluding hydrogens is 326 g/mol. The number of fused-ring (bicyclic) bond motifs is 1. The summed E-state index contributed by atoms with van der Waals surface area (Å²) in [5.41, 5.74) is 3.28. The number of nitrogens with zero attached hydrogens (tertiary/aromatic N) is 3. The number of phenolic OH excluding ortho intramolecular Hbond substituents is 1. The SMILES string of the molecule is COc1ccc(CN2CCc3nc(C4CC4)ncc3C2)c(Cl)c1O. The first kappa shape index (κ1) is 15.7. The highest BCUT2D eigenvalue weighted by Crippen LogP contribution is 2.39. The maximum Gasteiger partial charge on any atom is 0.177 e. The Labute approximate surface area is 146 Å². The van der Waals surface area contributed by atoms with E-state index in [2.05, 4.69) is 9.88 Å². The number of benzene rings is 1. The van der Waals surface area contributed by atoms with Crippen LogP contribution in [0.15, 0.2) is 18.3 Å². The Morgan fingerprint density at radius 2 is 2.21 bits per heavy atom. The van der Waals surface area contributed by atoms with Crippen LogP contribution in [0, 0.1) is 0 Å². The molecule has 0 spiro atoms. The van der Waals surface area contributed by atoms with Gasteiger partial charge >= 0.3 is 0 Å². The molecule has 0 atom stereocenters. The Balaban J connectivity index is 1.50. The van der Waals surface area contributed by atoms with E-state index in [1.165, 1.54) is 31.2 Å². The zero-order valence-electron chi connectivity index (χ0n) is 13.6. The molecule has 126 valence electrons. The minimum Gasteiger partial charge on any atom is -0.503 e. The lowest BCUT2D eigenvalue weighted by Gasteiger charge is -2.28. The second-order valence-electron chi connectivity index (χ2n) is 6.52. The van der Waals surface area contributed by atoms with Crippen molar-refractivity contribution < 1.29 is 9.84 Å². The lowest BCUT2D eigenvalue weighted by atomic mass is 10.1. The predicted octanol–water partition coefficient (Wildman–Crippen LogP) is 3.28. The molecule has 1 aromatic heterocycles. The summed E-state index contributed by atoms with van der Waals surface area (Å²) in [6.45, 7) is 2.42. The number of hydrogen-bond acceptors (Lipinski definition) is 5. The van der Waals surface area contributed by atoms with Gasteiger partial charge in [-0.2, -0.15) is 0 Å². The van der Waals surface area contributed by atoms with Crippen LogP contribution in [0.25, 0.3) is 0 Å². The fourth-order valence-corrected chi connectivity index (χ4v) is 3.40. The second-order valence-corrected chi connectivity index (χ2v) is 6.90. The Kier molecular flexibility index (Phi) is 4.06. The molecule has 2 aromatic rings. The van der Waals surface area contributed by atoms with Gasteiger partial charge in [-0.3, -0.25) is 4.90 Å². The van der Waals surface area contributed by atoms with E-state index in [4.69, 9.17) is 21.3 Å². The summed E-state index contributed by atoms with van der Waals surface area (Å²) in [6.07, 6.45) is 5.36. The van der Waals surface area contributed by atoms with Crippen LogP contribution in [0.1, 0.15) is 41.4 Å². The average molecular weight is 346 g/mol. The zero-order chi connectivity index (χ0) is 16.7. The Hall–Kier alpha value is -1.85. The van der Waals surface area contributed by atoms with Gasteiger partial charge in [-0.15, -0.1) is 0 Å². The maximum atomic E-state index is 10.1. The minimum absolute atomic E-state index is 0.00600. The van der Waals surface area contributed by atoms with Gasteiger partial charge in [0.25, 0.3) is 0 Å². The molecule has 1 aliphatic carbocycles. The number of aromatic hydroxyl groups is 1. The molecule has 1 fully saturated rings. The molecule has 1 aromatic carbocycles. The van der Waals surface area contributed by atoms with Gasteiger partial charge in [0.2, 0.25) is 0 Å². The van der Waals surface area contributed by atoms with Gasteiger partial charge in [0.1, 0.15) is 5.82 Å². The van der Waals surface area contributed by atoms with Crippen molar-refractivity contribution in [1.29, 1.82) is 0 Å². The number of phenols is 1. The summed E-state index contributed by atoms with van der Waals surface area (Å²) in [7, 11) is 1.52.